The van der Waals surface area contributed by atoms with Crippen LogP contribution in [0, 0.1) is 6.92 Å². The van der Waals surface area contributed by atoms with Gasteiger partial charge in [0, 0.05) is 6.07 Å². The quantitative estimate of drug-likeness (QED) is 0.798. The SMILES string of the molecule is Cc1cc(NC(=O)CN2CCC[C@@H]2c2nc(C(N)=O)no2)on1. The Kier molecular flexibility index (Phi) is 4.06. The molecule has 2 amide bonds. The molecule has 0 bridgehead atoms. The van der Waals surface area contributed by atoms with Crippen LogP contribution >= 0.6 is 0 Å². The first-order valence-electron chi connectivity index (χ1n) is 7.13. The van der Waals surface area contributed by atoms with Crippen molar-refractivity contribution in [2.45, 2.75) is 25.8 Å². The van der Waals surface area contributed by atoms with Gasteiger partial charge in [0.15, 0.2) is 0 Å². The number of carbonyl (C=O) groups is 2. The van der Waals surface area contributed by atoms with Crippen LogP contribution in [-0.2, 0) is 4.79 Å². The first-order chi connectivity index (χ1) is 11.0. The number of nitrogens with two attached hydrogens (primary N) is 1. The molecule has 1 fully saturated rings. The lowest BCUT2D eigenvalue weighted by atomic mass is 10.2. The molecule has 2 aromatic rings. The molecular weight excluding hydrogens is 304 g/mol. The third kappa shape index (κ3) is 3.37. The summed E-state index contributed by atoms with van der Waals surface area (Å²) in [5.74, 6) is -0.546. The maximum atomic E-state index is 12.1. The molecule has 0 saturated carbocycles. The van der Waals surface area contributed by atoms with Crippen molar-refractivity contribution in [2.24, 2.45) is 5.73 Å². The zero-order chi connectivity index (χ0) is 16.4. The molecule has 0 aromatic carbocycles. The first-order valence-corrected chi connectivity index (χ1v) is 7.13. The molecule has 10 nitrogen and oxygen atoms in total. The van der Waals surface area contributed by atoms with Gasteiger partial charge in [0.25, 0.3) is 11.7 Å². The van der Waals surface area contributed by atoms with E-state index in [4.69, 9.17) is 14.8 Å². The zero-order valence-corrected chi connectivity index (χ0v) is 12.5. The fourth-order valence-corrected chi connectivity index (χ4v) is 2.55. The average Bonchev–Trinajstić information content (AvgIpc) is 3.19. The number of anilines is 1. The van der Waals surface area contributed by atoms with E-state index in [1.54, 1.807) is 13.0 Å². The monoisotopic (exact) mass is 320 g/mol. The van der Waals surface area contributed by atoms with Crippen LogP contribution < -0.4 is 11.1 Å². The van der Waals surface area contributed by atoms with Gasteiger partial charge in [0.1, 0.15) is 0 Å². The van der Waals surface area contributed by atoms with Crippen molar-refractivity contribution >= 4 is 17.7 Å². The van der Waals surface area contributed by atoms with Crippen molar-refractivity contribution in [1.29, 1.82) is 0 Å². The van der Waals surface area contributed by atoms with Gasteiger partial charge in [-0.1, -0.05) is 10.3 Å². The molecule has 0 spiro atoms. The molecule has 2 aromatic heterocycles. The lowest BCUT2D eigenvalue weighted by molar-refractivity contribution is -0.117. The van der Waals surface area contributed by atoms with Gasteiger partial charge in [-0.25, -0.2) is 0 Å². The number of aromatic nitrogens is 3. The Morgan fingerprint density at radius 1 is 1.43 bits per heavy atom. The minimum absolute atomic E-state index is 0.138. The molecule has 3 heterocycles. The van der Waals surface area contributed by atoms with Gasteiger partial charge in [-0.3, -0.25) is 19.8 Å². The number of amides is 2. The number of nitrogens with zero attached hydrogens (tertiary/aromatic N) is 4. The van der Waals surface area contributed by atoms with Gasteiger partial charge in [-0.05, 0) is 26.3 Å². The maximum absolute atomic E-state index is 12.1. The third-order valence-corrected chi connectivity index (χ3v) is 3.55. The summed E-state index contributed by atoms with van der Waals surface area (Å²) in [6, 6.07) is 1.43. The van der Waals surface area contributed by atoms with Crippen molar-refractivity contribution in [3.63, 3.8) is 0 Å². The number of primary amides is 1. The van der Waals surface area contributed by atoms with E-state index in [-0.39, 0.29) is 24.3 Å². The number of hydrogen-bond acceptors (Lipinski definition) is 8. The molecule has 3 N–H and O–H groups in total. The highest BCUT2D eigenvalue weighted by Gasteiger charge is 2.32. The molecule has 0 aliphatic carbocycles. The summed E-state index contributed by atoms with van der Waals surface area (Å²) in [6.07, 6.45) is 1.64. The highest BCUT2D eigenvalue weighted by atomic mass is 16.5. The normalized spacial score (nSPS) is 18.2. The largest absolute Gasteiger partial charge is 0.363 e. The number of hydrogen-bond donors (Lipinski definition) is 2. The number of aryl methyl sites for hydroxylation is 1. The van der Waals surface area contributed by atoms with Crippen LogP contribution in [0.5, 0.6) is 0 Å². The fourth-order valence-electron chi connectivity index (χ4n) is 2.55. The van der Waals surface area contributed by atoms with Crippen LogP contribution in [0.15, 0.2) is 15.1 Å². The number of rotatable bonds is 5. The Morgan fingerprint density at radius 3 is 2.91 bits per heavy atom. The molecule has 1 saturated heterocycles. The second kappa shape index (κ2) is 6.16. The van der Waals surface area contributed by atoms with Gasteiger partial charge in [-0.15, -0.1) is 0 Å². The van der Waals surface area contributed by atoms with E-state index in [1.807, 2.05) is 4.90 Å². The smallest absolute Gasteiger partial charge is 0.290 e. The van der Waals surface area contributed by atoms with Crippen molar-refractivity contribution in [1.82, 2.24) is 20.2 Å². The minimum atomic E-state index is -0.747. The first kappa shape index (κ1) is 15.2. The van der Waals surface area contributed by atoms with Gasteiger partial charge in [0.2, 0.25) is 17.7 Å². The fraction of sp³-hybridized carbons (Fsp3) is 0.462. The van der Waals surface area contributed by atoms with Crippen LogP contribution in [0.3, 0.4) is 0 Å². The van der Waals surface area contributed by atoms with Crippen LogP contribution in [0.4, 0.5) is 5.88 Å². The van der Waals surface area contributed by atoms with Crippen LogP contribution in [-0.4, -0.2) is 45.1 Å². The number of likely N-dealkylation sites (tertiary alicyclic amines) is 1. The van der Waals surface area contributed by atoms with Gasteiger partial charge in [-0.2, -0.15) is 4.98 Å². The molecule has 0 radical (unpaired) electrons. The summed E-state index contributed by atoms with van der Waals surface area (Å²) < 4.78 is 10.0. The summed E-state index contributed by atoms with van der Waals surface area (Å²) in [5, 5.41) is 9.87. The topological polar surface area (TPSA) is 140 Å². The van der Waals surface area contributed by atoms with Crippen LogP contribution in [0.2, 0.25) is 0 Å². The van der Waals surface area contributed by atoms with Crippen molar-refractivity contribution in [2.75, 3.05) is 18.4 Å². The van der Waals surface area contributed by atoms with E-state index in [2.05, 4.69) is 20.6 Å². The van der Waals surface area contributed by atoms with Crippen molar-refractivity contribution < 1.29 is 18.6 Å². The highest BCUT2D eigenvalue weighted by Crippen LogP contribution is 2.30. The Bertz CT molecular complexity index is 724. The van der Waals surface area contributed by atoms with E-state index in [1.165, 1.54) is 0 Å². The van der Waals surface area contributed by atoms with E-state index >= 15 is 0 Å². The Balaban J connectivity index is 1.64. The molecule has 1 aliphatic heterocycles. The summed E-state index contributed by atoms with van der Waals surface area (Å²) in [5.41, 5.74) is 5.80. The Labute approximate surface area is 131 Å². The molecule has 1 atom stereocenters. The summed E-state index contributed by atoms with van der Waals surface area (Å²) in [6.45, 7) is 2.61. The van der Waals surface area contributed by atoms with Gasteiger partial charge >= 0.3 is 0 Å². The minimum Gasteiger partial charge on any atom is -0.363 e. The van der Waals surface area contributed by atoms with Gasteiger partial charge < -0.3 is 14.8 Å². The predicted molar refractivity (Wildman–Crippen MR) is 76.2 cm³/mol. The number of nitrogens with one attached hydrogen (secondary N) is 1. The summed E-state index contributed by atoms with van der Waals surface area (Å²) in [7, 11) is 0. The average molecular weight is 320 g/mol. The molecule has 1 aliphatic rings. The highest BCUT2D eigenvalue weighted by molar-refractivity contribution is 5.91. The Hall–Kier alpha value is -2.75. The molecule has 0 unspecified atom stereocenters. The van der Waals surface area contributed by atoms with E-state index in [9.17, 15) is 9.59 Å². The lowest BCUT2D eigenvalue weighted by Crippen LogP contribution is -2.33. The third-order valence-electron chi connectivity index (χ3n) is 3.55. The summed E-state index contributed by atoms with van der Waals surface area (Å²) in [4.78, 5) is 29.0. The van der Waals surface area contributed by atoms with E-state index < -0.39 is 5.91 Å². The maximum Gasteiger partial charge on any atom is 0.290 e. The van der Waals surface area contributed by atoms with Gasteiger partial charge in [0.05, 0.1) is 18.3 Å². The molecule has 10 heteroatoms. The molecule has 23 heavy (non-hydrogen) atoms. The summed E-state index contributed by atoms with van der Waals surface area (Å²) >= 11 is 0. The van der Waals surface area contributed by atoms with E-state index in [0.717, 1.165) is 12.8 Å². The second-order valence-corrected chi connectivity index (χ2v) is 5.33. The Morgan fingerprint density at radius 2 is 2.26 bits per heavy atom. The zero-order valence-electron chi connectivity index (χ0n) is 12.5. The number of carbonyl (C=O) groups excluding carboxylic acids is 2. The molecular formula is C13H16N6O4. The van der Waals surface area contributed by atoms with Crippen molar-refractivity contribution in [3.8, 4) is 0 Å². The van der Waals surface area contributed by atoms with Crippen LogP contribution in [0.1, 0.15) is 41.1 Å². The van der Waals surface area contributed by atoms with E-state index in [0.29, 0.717) is 24.0 Å². The van der Waals surface area contributed by atoms with Crippen LogP contribution in [0.25, 0.3) is 0 Å². The predicted octanol–water partition coefficient (Wildman–Crippen LogP) is 0.241. The molecule has 122 valence electrons. The van der Waals surface area contributed by atoms with Crippen molar-refractivity contribution in [3.05, 3.63) is 23.5 Å². The molecule has 3 rings (SSSR count). The lowest BCUT2D eigenvalue weighted by Gasteiger charge is -2.20. The second-order valence-electron chi connectivity index (χ2n) is 5.33. The standard InChI is InChI=1S/C13H16N6O4/c1-7-5-10(22-17-7)15-9(20)6-19-4-2-3-8(19)13-16-12(11(14)21)18-23-13/h5,8H,2-4,6H2,1H3,(H2,14,21)(H,15,20)/t8-/m1/s1.